The van der Waals surface area contributed by atoms with Gasteiger partial charge in [-0.15, -0.1) is 16.4 Å². The van der Waals surface area contributed by atoms with Gasteiger partial charge in [0.1, 0.15) is 0 Å². The van der Waals surface area contributed by atoms with E-state index in [1.54, 1.807) is 15.9 Å². The van der Waals surface area contributed by atoms with Gasteiger partial charge in [0.05, 0.1) is 6.61 Å². The normalized spacial score (nSPS) is 10.3. The van der Waals surface area contributed by atoms with E-state index in [2.05, 4.69) is 22.0 Å². The Morgan fingerprint density at radius 3 is 3.20 bits per heavy atom. The molecule has 0 aliphatic rings. The molecule has 0 bridgehead atoms. The van der Waals surface area contributed by atoms with Gasteiger partial charge >= 0.3 is 5.69 Å². The highest BCUT2D eigenvalue weighted by Crippen LogP contribution is 2.25. The fraction of sp³-hybridized carbons (Fsp3) is 0.385. The molecular weight excluding hydrogens is 294 g/mol. The fourth-order valence-corrected chi connectivity index (χ4v) is 3.56. The number of H-pyrrole nitrogens is 1. The van der Waals surface area contributed by atoms with E-state index in [9.17, 15) is 4.79 Å². The van der Waals surface area contributed by atoms with Crippen LogP contribution in [-0.4, -0.2) is 26.5 Å². The number of aliphatic hydroxyl groups is 1. The minimum Gasteiger partial charge on any atom is -0.395 e. The van der Waals surface area contributed by atoms with Crippen molar-refractivity contribution in [1.29, 1.82) is 0 Å². The van der Waals surface area contributed by atoms with Gasteiger partial charge in [-0.2, -0.15) is 0 Å². The lowest BCUT2D eigenvalue weighted by Gasteiger charge is -2.01. The Morgan fingerprint density at radius 1 is 1.60 bits per heavy atom. The number of thiophene rings is 1. The average molecular weight is 309 g/mol. The highest BCUT2D eigenvalue weighted by Gasteiger charge is 2.09. The molecule has 106 valence electrons. The van der Waals surface area contributed by atoms with E-state index >= 15 is 0 Å². The van der Waals surface area contributed by atoms with Crippen molar-refractivity contribution >= 4 is 23.1 Å². The molecule has 2 aromatic heterocycles. The van der Waals surface area contributed by atoms with Gasteiger partial charge in [0.15, 0.2) is 5.16 Å². The number of aromatic amines is 1. The Balaban J connectivity index is 2.06. The molecule has 5 nitrogen and oxygen atoms in total. The second-order valence-electron chi connectivity index (χ2n) is 3.88. The molecule has 0 saturated carbocycles. The Labute approximate surface area is 125 Å². The van der Waals surface area contributed by atoms with E-state index in [0.29, 0.717) is 18.1 Å². The summed E-state index contributed by atoms with van der Waals surface area (Å²) in [6, 6.07) is 1.97. The summed E-state index contributed by atoms with van der Waals surface area (Å²) in [7, 11) is 0. The molecule has 0 radical (unpaired) electrons. The van der Waals surface area contributed by atoms with Gasteiger partial charge < -0.3 is 5.11 Å². The molecule has 2 rings (SSSR count). The number of rotatable bonds is 5. The van der Waals surface area contributed by atoms with Crippen LogP contribution in [0.1, 0.15) is 23.8 Å². The van der Waals surface area contributed by atoms with Crippen LogP contribution in [0, 0.1) is 11.8 Å². The topological polar surface area (TPSA) is 70.9 Å². The Bertz CT molecular complexity index is 676. The Hall–Kier alpha value is -1.49. The van der Waals surface area contributed by atoms with Crippen molar-refractivity contribution in [2.45, 2.75) is 30.8 Å². The molecule has 0 unspecified atom stereocenters. The molecule has 20 heavy (non-hydrogen) atoms. The molecule has 0 aromatic carbocycles. The number of hydrogen-bond donors (Lipinski definition) is 2. The average Bonchev–Trinajstić information content (AvgIpc) is 3.03. The van der Waals surface area contributed by atoms with E-state index in [-0.39, 0.29) is 12.3 Å². The van der Waals surface area contributed by atoms with E-state index in [1.165, 1.54) is 11.8 Å². The summed E-state index contributed by atoms with van der Waals surface area (Å²) in [6.07, 6.45) is 0.483. The van der Waals surface area contributed by atoms with Crippen LogP contribution >= 0.6 is 23.1 Å². The molecule has 2 heterocycles. The first-order valence-corrected chi connectivity index (χ1v) is 8.07. The van der Waals surface area contributed by atoms with Crippen LogP contribution in [0.4, 0.5) is 0 Å². The van der Waals surface area contributed by atoms with Gasteiger partial charge in [-0.3, -0.25) is 4.57 Å². The summed E-state index contributed by atoms with van der Waals surface area (Å²) in [5.41, 5.74) is 0.807. The summed E-state index contributed by atoms with van der Waals surface area (Å²) in [5.74, 6) is 6.70. The number of nitrogens with one attached hydrogen (secondary N) is 1. The second kappa shape index (κ2) is 7.33. The standard InChI is InChI=1S/C13H15N3O2S2/c1-2-16-12(18)14-15-13(16)20-9-11-10(6-8-19-11)5-3-4-7-17/h6,8,17H,2,4,7,9H2,1H3,(H,14,18). The third kappa shape index (κ3) is 3.54. The SMILES string of the molecule is CCn1c(SCc2sccc2C#CCCO)n[nH]c1=O. The molecular formula is C13H15N3O2S2. The summed E-state index contributed by atoms with van der Waals surface area (Å²) >= 11 is 3.15. The van der Waals surface area contributed by atoms with E-state index in [0.717, 1.165) is 16.2 Å². The van der Waals surface area contributed by atoms with Gasteiger partial charge in [0, 0.05) is 29.2 Å². The molecule has 0 aliphatic carbocycles. The fourth-order valence-electron chi connectivity index (χ4n) is 1.60. The summed E-state index contributed by atoms with van der Waals surface area (Å²) in [4.78, 5) is 12.6. The Morgan fingerprint density at radius 2 is 2.45 bits per heavy atom. The van der Waals surface area contributed by atoms with Gasteiger partial charge in [-0.1, -0.05) is 23.6 Å². The highest BCUT2D eigenvalue weighted by molar-refractivity contribution is 7.98. The molecule has 2 N–H and O–H groups in total. The Kier molecular flexibility index (Phi) is 5.47. The largest absolute Gasteiger partial charge is 0.395 e. The molecule has 0 amide bonds. The second-order valence-corrected chi connectivity index (χ2v) is 5.82. The maximum Gasteiger partial charge on any atom is 0.343 e. The maximum absolute atomic E-state index is 11.5. The molecule has 0 atom stereocenters. The number of aliphatic hydroxyl groups excluding tert-OH is 1. The molecule has 0 aliphatic heterocycles. The lowest BCUT2D eigenvalue weighted by atomic mass is 10.2. The summed E-state index contributed by atoms with van der Waals surface area (Å²) in [6.45, 7) is 2.60. The molecule has 0 spiro atoms. The van der Waals surface area contributed by atoms with Gasteiger partial charge in [-0.25, -0.2) is 9.89 Å². The van der Waals surface area contributed by atoms with Crippen LogP contribution in [0.15, 0.2) is 21.4 Å². The van der Waals surface area contributed by atoms with Crippen LogP contribution in [-0.2, 0) is 12.3 Å². The minimum atomic E-state index is -0.177. The highest BCUT2D eigenvalue weighted by atomic mass is 32.2. The predicted octanol–water partition coefficient (Wildman–Crippen LogP) is 1.68. The van der Waals surface area contributed by atoms with Gasteiger partial charge in [-0.05, 0) is 18.4 Å². The van der Waals surface area contributed by atoms with Crippen molar-refractivity contribution < 1.29 is 5.11 Å². The van der Waals surface area contributed by atoms with Gasteiger partial charge in [0.25, 0.3) is 0 Å². The zero-order valence-electron chi connectivity index (χ0n) is 11.0. The first-order chi connectivity index (χ1) is 9.76. The van der Waals surface area contributed by atoms with Crippen LogP contribution in [0.2, 0.25) is 0 Å². The number of nitrogens with zero attached hydrogens (tertiary/aromatic N) is 2. The number of thioether (sulfide) groups is 1. The van der Waals surface area contributed by atoms with Crippen molar-refractivity contribution in [3.8, 4) is 11.8 Å². The number of hydrogen-bond acceptors (Lipinski definition) is 5. The maximum atomic E-state index is 11.5. The van der Waals surface area contributed by atoms with Gasteiger partial charge in [0.2, 0.25) is 0 Å². The summed E-state index contributed by atoms with van der Waals surface area (Å²) < 4.78 is 1.61. The van der Waals surface area contributed by atoms with Crippen molar-refractivity contribution in [1.82, 2.24) is 14.8 Å². The first-order valence-electron chi connectivity index (χ1n) is 6.20. The smallest absolute Gasteiger partial charge is 0.343 e. The van der Waals surface area contributed by atoms with Crippen LogP contribution in [0.3, 0.4) is 0 Å². The van der Waals surface area contributed by atoms with Crippen molar-refractivity contribution in [3.63, 3.8) is 0 Å². The third-order valence-corrected chi connectivity index (χ3v) is 4.68. The van der Waals surface area contributed by atoms with Crippen LogP contribution < -0.4 is 5.69 Å². The first kappa shape index (κ1) is 14.9. The van der Waals surface area contributed by atoms with E-state index in [1.807, 2.05) is 18.4 Å². The van der Waals surface area contributed by atoms with Crippen LogP contribution in [0.25, 0.3) is 0 Å². The third-order valence-electron chi connectivity index (χ3n) is 2.58. The van der Waals surface area contributed by atoms with Crippen molar-refractivity contribution in [2.75, 3.05) is 6.61 Å². The molecule has 7 heteroatoms. The zero-order chi connectivity index (χ0) is 14.4. The minimum absolute atomic E-state index is 0.0806. The van der Waals surface area contributed by atoms with Crippen molar-refractivity contribution in [2.24, 2.45) is 0 Å². The van der Waals surface area contributed by atoms with E-state index < -0.39 is 0 Å². The molecule has 0 saturated heterocycles. The van der Waals surface area contributed by atoms with Crippen LogP contribution in [0.5, 0.6) is 0 Å². The quantitative estimate of drug-likeness (QED) is 0.651. The predicted molar refractivity (Wildman–Crippen MR) is 81.0 cm³/mol. The lowest BCUT2D eigenvalue weighted by molar-refractivity contribution is 0.305. The zero-order valence-corrected chi connectivity index (χ0v) is 12.7. The van der Waals surface area contributed by atoms with E-state index in [4.69, 9.17) is 5.11 Å². The monoisotopic (exact) mass is 309 g/mol. The lowest BCUT2D eigenvalue weighted by Crippen LogP contribution is -2.16. The summed E-state index contributed by atoms with van der Waals surface area (Å²) in [5, 5.41) is 17.9. The van der Waals surface area contributed by atoms with Crippen molar-refractivity contribution in [3.05, 3.63) is 32.4 Å². The molecule has 2 aromatic rings. The number of aromatic nitrogens is 3. The molecule has 0 fully saturated rings.